The van der Waals surface area contributed by atoms with E-state index in [9.17, 15) is 0 Å². The van der Waals surface area contributed by atoms with Crippen molar-refractivity contribution in [1.82, 2.24) is 4.90 Å². The Morgan fingerprint density at radius 3 is 1.72 bits per heavy atom. The van der Waals surface area contributed by atoms with Crippen LogP contribution in [0.2, 0.25) is 10.0 Å². The topological polar surface area (TPSA) is 67.6 Å². The van der Waals surface area contributed by atoms with Crippen LogP contribution in [0.25, 0.3) is 0 Å². The molecule has 4 N–H and O–H groups in total. The predicted octanol–water partition coefficient (Wildman–Crippen LogP) is 4.05. The molecule has 0 spiro atoms. The second-order valence-electron chi connectivity index (χ2n) is 5.98. The van der Waals surface area contributed by atoms with Crippen LogP contribution in [-0.4, -0.2) is 23.9 Å². The number of guanidine groups is 1. The summed E-state index contributed by atoms with van der Waals surface area (Å²) < 4.78 is 0. The summed E-state index contributed by atoms with van der Waals surface area (Å²) in [7, 11) is 0. The van der Waals surface area contributed by atoms with Gasteiger partial charge in [0.15, 0.2) is 5.96 Å². The summed E-state index contributed by atoms with van der Waals surface area (Å²) in [6.07, 6.45) is 1.98. The molecular formula is C19H24Cl2N4. The minimum absolute atomic E-state index is 0.152. The maximum atomic E-state index is 5.98. The van der Waals surface area contributed by atoms with Gasteiger partial charge in [0.2, 0.25) is 0 Å². The van der Waals surface area contributed by atoms with Crippen molar-refractivity contribution in [3.8, 4) is 0 Å². The summed E-state index contributed by atoms with van der Waals surface area (Å²) in [5.74, 6) is 0.152. The lowest BCUT2D eigenvalue weighted by atomic mass is 10.1. The van der Waals surface area contributed by atoms with Crippen molar-refractivity contribution >= 4 is 29.2 Å². The molecule has 0 saturated carbocycles. The quantitative estimate of drug-likeness (QED) is 0.392. The summed E-state index contributed by atoms with van der Waals surface area (Å²) in [6, 6.07) is 16.0. The van der Waals surface area contributed by atoms with Crippen molar-refractivity contribution in [2.24, 2.45) is 16.5 Å². The largest absolute Gasteiger partial charge is 0.370 e. The van der Waals surface area contributed by atoms with E-state index in [0.29, 0.717) is 6.54 Å². The third-order valence-electron chi connectivity index (χ3n) is 3.82. The molecule has 2 aromatic rings. The molecule has 2 aromatic carbocycles. The Morgan fingerprint density at radius 1 is 0.800 bits per heavy atom. The average Bonchev–Trinajstić information content (AvgIpc) is 2.58. The summed E-state index contributed by atoms with van der Waals surface area (Å²) in [5.41, 5.74) is 13.2. The monoisotopic (exact) mass is 378 g/mol. The third kappa shape index (κ3) is 7.78. The van der Waals surface area contributed by atoms with Crippen molar-refractivity contribution < 1.29 is 0 Å². The molecule has 2 rings (SSSR count). The lowest BCUT2D eigenvalue weighted by Gasteiger charge is -2.22. The fourth-order valence-corrected chi connectivity index (χ4v) is 2.82. The fourth-order valence-electron chi connectivity index (χ4n) is 2.57. The molecule has 0 amide bonds. The Bertz CT molecular complexity index is 617. The second kappa shape index (κ2) is 10.3. The highest BCUT2D eigenvalue weighted by Crippen LogP contribution is 2.16. The molecule has 0 atom stereocenters. The van der Waals surface area contributed by atoms with Gasteiger partial charge in [-0.25, -0.2) is 0 Å². The maximum Gasteiger partial charge on any atom is 0.185 e. The standard InChI is InChI=1S/C19H24Cl2N4/c20-17-7-3-15(4-8-17)13-25(12-2-1-11-24-19(22)23)14-16-5-9-18(21)10-6-16/h3-10H,1-2,11-14H2,(H4,22,23,24). The SMILES string of the molecule is NC(N)=NCCCCN(Cc1ccc(Cl)cc1)Cc1ccc(Cl)cc1. The van der Waals surface area contributed by atoms with E-state index >= 15 is 0 Å². The lowest BCUT2D eigenvalue weighted by Crippen LogP contribution is -2.25. The molecule has 6 heteroatoms. The zero-order chi connectivity index (χ0) is 18.1. The number of hydrogen-bond donors (Lipinski definition) is 2. The first kappa shape index (κ1) is 19.6. The first-order valence-corrected chi connectivity index (χ1v) is 9.05. The van der Waals surface area contributed by atoms with Crippen LogP contribution in [0.4, 0.5) is 0 Å². The first-order chi connectivity index (χ1) is 12.0. The average molecular weight is 379 g/mol. The van der Waals surface area contributed by atoms with Crippen molar-refractivity contribution in [2.45, 2.75) is 25.9 Å². The number of halogens is 2. The number of aliphatic imine (C=N–C) groups is 1. The van der Waals surface area contributed by atoms with Crippen LogP contribution in [0.5, 0.6) is 0 Å². The molecule has 0 aliphatic rings. The van der Waals surface area contributed by atoms with Crippen LogP contribution in [0.3, 0.4) is 0 Å². The molecule has 0 radical (unpaired) electrons. The van der Waals surface area contributed by atoms with Gasteiger partial charge in [-0.2, -0.15) is 0 Å². The Labute approximate surface area is 159 Å². The van der Waals surface area contributed by atoms with Gasteiger partial charge in [-0.15, -0.1) is 0 Å². The Hall–Kier alpha value is -1.75. The van der Waals surface area contributed by atoms with Gasteiger partial charge in [0.1, 0.15) is 0 Å². The zero-order valence-corrected chi connectivity index (χ0v) is 15.7. The minimum atomic E-state index is 0.152. The minimum Gasteiger partial charge on any atom is -0.370 e. The van der Waals surface area contributed by atoms with Crippen LogP contribution < -0.4 is 11.5 Å². The number of hydrogen-bond acceptors (Lipinski definition) is 2. The molecule has 134 valence electrons. The summed E-state index contributed by atoms with van der Waals surface area (Å²) in [5, 5.41) is 1.51. The smallest absolute Gasteiger partial charge is 0.185 e. The van der Waals surface area contributed by atoms with Gasteiger partial charge in [-0.1, -0.05) is 47.5 Å². The van der Waals surface area contributed by atoms with E-state index in [2.05, 4.69) is 34.2 Å². The van der Waals surface area contributed by atoms with E-state index in [1.807, 2.05) is 24.3 Å². The van der Waals surface area contributed by atoms with Gasteiger partial charge in [-0.05, 0) is 54.8 Å². The van der Waals surface area contributed by atoms with E-state index in [0.717, 1.165) is 42.5 Å². The third-order valence-corrected chi connectivity index (χ3v) is 4.32. The van der Waals surface area contributed by atoms with Gasteiger partial charge in [0.05, 0.1) is 0 Å². The van der Waals surface area contributed by atoms with Gasteiger partial charge in [-0.3, -0.25) is 9.89 Å². The number of nitrogens with two attached hydrogens (primary N) is 2. The van der Waals surface area contributed by atoms with Gasteiger partial charge in [0.25, 0.3) is 0 Å². The summed E-state index contributed by atoms with van der Waals surface area (Å²) >= 11 is 12.0. The Balaban J connectivity index is 1.95. The molecule has 0 bridgehead atoms. The number of rotatable bonds is 9. The van der Waals surface area contributed by atoms with Gasteiger partial charge in [0, 0.05) is 29.7 Å². The van der Waals surface area contributed by atoms with Crippen molar-refractivity contribution in [1.29, 1.82) is 0 Å². The molecule has 0 aliphatic heterocycles. The van der Waals surface area contributed by atoms with Crippen LogP contribution >= 0.6 is 23.2 Å². The number of nitrogens with zero attached hydrogens (tertiary/aromatic N) is 2. The van der Waals surface area contributed by atoms with Crippen LogP contribution in [0.1, 0.15) is 24.0 Å². The van der Waals surface area contributed by atoms with E-state index in [4.69, 9.17) is 34.7 Å². The van der Waals surface area contributed by atoms with Gasteiger partial charge >= 0.3 is 0 Å². The van der Waals surface area contributed by atoms with Crippen molar-refractivity contribution in [3.05, 3.63) is 69.7 Å². The molecule has 0 saturated heterocycles. The Morgan fingerprint density at radius 2 is 1.28 bits per heavy atom. The highest BCUT2D eigenvalue weighted by atomic mass is 35.5. The molecule has 25 heavy (non-hydrogen) atoms. The highest BCUT2D eigenvalue weighted by Gasteiger charge is 2.07. The first-order valence-electron chi connectivity index (χ1n) is 8.29. The fraction of sp³-hybridized carbons (Fsp3) is 0.316. The van der Waals surface area contributed by atoms with E-state index in [-0.39, 0.29) is 5.96 Å². The van der Waals surface area contributed by atoms with Crippen molar-refractivity contribution in [2.75, 3.05) is 13.1 Å². The predicted molar refractivity (Wildman–Crippen MR) is 107 cm³/mol. The number of unbranched alkanes of at least 4 members (excludes halogenated alkanes) is 1. The molecule has 0 heterocycles. The highest BCUT2D eigenvalue weighted by molar-refractivity contribution is 6.30. The molecule has 0 unspecified atom stereocenters. The Kier molecular flexibility index (Phi) is 8.06. The van der Waals surface area contributed by atoms with Crippen LogP contribution in [0.15, 0.2) is 53.5 Å². The molecular weight excluding hydrogens is 355 g/mol. The van der Waals surface area contributed by atoms with E-state index < -0.39 is 0 Å². The number of benzene rings is 2. The van der Waals surface area contributed by atoms with Crippen LogP contribution in [-0.2, 0) is 13.1 Å². The molecule has 4 nitrogen and oxygen atoms in total. The normalized spacial score (nSPS) is 10.8. The van der Waals surface area contributed by atoms with Gasteiger partial charge < -0.3 is 11.5 Å². The zero-order valence-electron chi connectivity index (χ0n) is 14.2. The molecule has 0 aliphatic carbocycles. The molecule has 0 aromatic heterocycles. The summed E-state index contributed by atoms with van der Waals surface area (Å²) in [4.78, 5) is 6.44. The lowest BCUT2D eigenvalue weighted by molar-refractivity contribution is 0.252. The summed E-state index contributed by atoms with van der Waals surface area (Å²) in [6.45, 7) is 3.35. The van der Waals surface area contributed by atoms with Crippen molar-refractivity contribution in [3.63, 3.8) is 0 Å². The second-order valence-corrected chi connectivity index (χ2v) is 6.85. The maximum absolute atomic E-state index is 5.98. The van der Waals surface area contributed by atoms with Crippen LogP contribution in [0, 0.1) is 0 Å². The van der Waals surface area contributed by atoms with E-state index in [1.54, 1.807) is 0 Å². The molecule has 0 fully saturated rings. The van der Waals surface area contributed by atoms with E-state index in [1.165, 1.54) is 11.1 Å².